The van der Waals surface area contributed by atoms with Crippen LogP contribution in [0.25, 0.3) is 0 Å². The van der Waals surface area contributed by atoms with Crippen LogP contribution < -0.4 is 15.1 Å². The Morgan fingerprint density at radius 1 is 1.14 bits per heavy atom. The summed E-state index contributed by atoms with van der Waals surface area (Å²) in [5, 5.41) is 47.5. The monoisotopic (exact) mass is 502 g/mol. The van der Waals surface area contributed by atoms with Crippen molar-refractivity contribution in [3.63, 3.8) is 0 Å². The van der Waals surface area contributed by atoms with Crippen LogP contribution in [0.2, 0.25) is 0 Å². The first-order chi connectivity index (χ1) is 16.8. The molecule has 3 aromatic heterocycles. The predicted octanol–water partition coefficient (Wildman–Crippen LogP) is 0.646. The minimum Gasteiger partial charge on any atom is -0.477 e. The Bertz CT molecular complexity index is 1190. The second-order valence-electron chi connectivity index (χ2n) is 8.74. The molecule has 186 valence electrons. The van der Waals surface area contributed by atoms with Crippen LogP contribution in [0.15, 0.2) is 6.07 Å². The molecule has 35 heavy (non-hydrogen) atoms. The number of aryl methyl sites for hydroxylation is 1. The summed E-state index contributed by atoms with van der Waals surface area (Å²) < 4.78 is 0. The zero-order valence-electron chi connectivity index (χ0n) is 19.0. The van der Waals surface area contributed by atoms with Crippen molar-refractivity contribution < 1.29 is 20.1 Å². The lowest BCUT2D eigenvalue weighted by Crippen LogP contribution is -2.44. The van der Waals surface area contributed by atoms with Gasteiger partial charge in [-0.3, -0.25) is 5.32 Å². The lowest BCUT2D eigenvalue weighted by molar-refractivity contribution is 0.00307. The zero-order chi connectivity index (χ0) is 24.6. The van der Waals surface area contributed by atoms with Crippen molar-refractivity contribution >= 4 is 40.0 Å². The number of anilines is 4. The molecule has 2 fully saturated rings. The number of tetrazole rings is 1. The molecule has 2 aliphatic rings. The van der Waals surface area contributed by atoms with E-state index in [2.05, 4.69) is 50.7 Å². The van der Waals surface area contributed by atoms with Gasteiger partial charge in [0, 0.05) is 45.1 Å². The molecule has 0 aliphatic carbocycles. The van der Waals surface area contributed by atoms with E-state index in [1.807, 2.05) is 6.07 Å². The quantitative estimate of drug-likeness (QED) is 0.316. The summed E-state index contributed by atoms with van der Waals surface area (Å²) in [7, 11) is 0. The Morgan fingerprint density at radius 2 is 1.80 bits per heavy atom. The van der Waals surface area contributed by atoms with Crippen LogP contribution in [0.5, 0.6) is 0 Å². The molecule has 0 spiro atoms. The van der Waals surface area contributed by atoms with E-state index in [4.69, 9.17) is 0 Å². The third-order valence-electron chi connectivity index (χ3n) is 6.37. The standard InChI is InChI=1S/C20H26N10O4S/c1-11-15(16(32)33)35-19(21-11)24-18-22-13(29-6-2-12(31)3-7-29)10-14(23-18)30-8-4-20(34,5-9-30)17-25-27-28-26-17/h10,12,31,34H,2-9H2,1H3,(H,32,33)(H,21,22,23,24)(H,25,26,27,28). The van der Waals surface area contributed by atoms with Gasteiger partial charge in [-0.2, -0.15) is 15.2 Å². The van der Waals surface area contributed by atoms with E-state index in [9.17, 15) is 20.1 Å². The van der Waals surface area contributed by atoms with E-state index >= 15 is 0 Å². The van der Waals surface area contributed by atoms with Gasteiger partial charge in [0.15, 0.2) is 5.13 Å². The molecule has 2 aliphatic heterocycles. The van der Waals surface area contributed by atoms with E-state index < -0.39 is 11.6 Å². The third kappa shape index (κ3) is 4.87. The van der Waals surface area contributed by atoms with Crippen LogP contribution in [-0.2, 0) is 5.60 Å². The number of nitrogens with zero attached hydrogens (tertiary/aromatic N) is 8. The molecular weight excluding hydrogens is 476 g/mol. The maximum Gasteiger partial charge on any atom is 0.347 e. The molecule has 0 amide bonds. The molecule has 15 heteroatoms. The predicted molar refractivity (Wildman–Crippen MR) is 126 cm³/mol. The second kappa shape index (κ2) is 9.31. The number of hydrogen-bond acceptors (Lipinski definition) is 13. The summed E-state index contributed by atoms with van der Waals surface area (Å²) in [6, 6.07) is 1.90. The van der Waals surface area contributed by atoms with E-state index in [-0.39, 0.29) is 16.8 Å². The lowest BCUT2D eigenvalue weighted by atomic mass is 9.91. The topological polar surface area (TPSA) is 189 Å². The Morgan fingerprint density at radius 3 is 2.37 bits per heavy atom. The number of hydrogen-bond donors (Lipinski definition) is 5. The molecule has 5 heterocycles. The Kier molecular flexibility index (Phi) is 6.21. The number of aliphatic hydroxyl groups excluding tert-OH is 1. The van der Waals surface area contributed by atoms with Crippen molar-refractivity contribution in [2.24, 2.45) is 0 Å². The average molecular weight is 503 g/mol. The lowest BCUT2D eigenvalue weighted by Gasteiger charge is -2.37. The highest BCUT2D eigenvalue weighted by molar-refractivity contribution is 7.17. The maximum absolute atomic E-state index is 11.4. The fraction of sp³-hybridized carbons (Fsp3) is 0.550. The van der Waals surface area contributed by atoms with Gasteiger partial charge in [-0.1, -0.05) is 16.6 Å². The number of thiazole rings is 1. The molecular formula is C20H26N10O4S. The largest absolute Gasteiger partial charge is 0.477 e. The van der Waals surface area contributed by atoms with E-state index in [0.717, 1.165) is 11.3 Å². The van der Waals surface area contributed by atoms with Gasteiger partial charge < -0.3 is 25.1 Å². The fourth-order valence-corrected chi connectivity index (χ4v) is 5.13. The highest BCUT2D eigenvalue weighted by Crippen LogP contribution is 2.34. The van der Waals surface area contributed by atoms with Crippen LogP contribution in [0, 0.1) is 6.92 Å². The van der Waals surface area contributed by atoms with Crippen LogP contribution in [0.3, 0.4) is 0 Å². The minimum atomic E-state index is -1.16. The molecule has 0 bridgehead atoms. The van der Waals surface area contributed by atoms with Crippen molar-refractivity contribution in [2.45, 2.75) is 44.3 Å². The van der Waals surface area contributed by atoms with Gasteiger partial charge in [-0.15, -0.1) is 10.2 Å². The first-order valence-electron chi connectivity index (χ1n) is 11.3. The van der Waals surface area contributed by atoms with Crippen LogP contribution in [0.4, 0.5) is 22.7 Å². The second-order valence-corrected chi connectivity index (χ2v) is 9.74. The summed E-state index contributed by atoms with van der Waals surface area (Å²) in [5.74, 6) is 0.926. The van der Waals surface area contributed by atoms with Gasteiger partial charge in [-0.25, -0.2) is 9.78 Å². The van der Waals surface area contributed by atoms with Crippen LogP contribution in [-0.4, -0.2) is 89.1 Å². The van der Waals surface area contributed by atoms with Crippen LogP contribution in [0.1, 0.15) is 46.9 Å². The number of carboxylic acid groups (broad SMARTS) is 1. The summed E-state index contributed by atoms with van der Waals surface area (Å²) in [4.78, 5) is 29.4. The normalized spacial score (nSPS) is 18.6. The number of aliphatic hydroxyl groups is 2. The zero-order valence-corrected chi connectivity index (χ0v) is 19.9. The van der Waals surface area contributed by atoms with Gasteiger partial charge in [0.1, 0.15) is 22.1 Å². The molecule has 0 saturated carbocycles. The number of nitrogens with one attached hydrogen (secondary N) is 2. The Hall–Kier alpha value is -3.43. The molecule has 0 aromatic carbocycles. The van der Waals surface area contributed by atoms with Gasteiger partial charge in [-0.05, 0) is 19.8 Å². The molecule has 0 atom stereocenters. The summed E-state index contributed by atoms with van der Waals surface area (Å²) in [6.45, 7) is 3.99. The fourth-order valence-electron chi connectivity index (χ4n) is 4.33. The first-order valence-corrected chi connectivity index (χ1v) is 12.1. The highest BCUT2D eigenvalue weighted by atomic mass is 32.1. The molecule has 14 nitrogen and oxygen atoms in total. The molecule has 0 unspecified atom stereocenters. The number of carboxylic acids is 1. The summed E-state index contributed by atoms with van der Waals surface area (Å²) in [5.41, 5.74) is -0.738. The number of H-pyrrole nitrogens is 1. The minimum absolute atomic E-state index is 0.158. The van der Waals surface area contributed by atoms with Crippen molar-refractivity contribution in [3.8, 4) is 0 Å². The molecule has 5 N–H and O–H groups in total. The SMILES string of the molecule is Cc1nc(Nc2nc(N3CCC(O)CC3)cc(N3CCC(O)(c4nn[nH]n4)CC3)n2)sc1C(=O)O. The van der Waals surface area contributed by atoms with Crippen molar-refractivity contribution in [3.05, 3.63) is 22.5 Å². The number of aromatic nitrogens is 7. The number of aromatic carboxylic acids is 1. The third-order valence-corrected chi connectivity index (χ3v) is 7.43. The Labute approximate surface area is 204 Å². The average Bonchev–Trinajstić information content (AvgIpc) is 3.50. The smallest absolute Gasteiger partial charge is 0.347 e. The highest BCUT2D eigenvalue weighted by Gasteiger charge is 2.38. The van der Waals surface area contributed by atoms with Gasteiger partial charge in [0.2, 0.25) is 11.8 Å². The van der Waals surface area contributed by atoms with Crippen molar-refractivity contribution in [1.82, 2.24) is 35.6 Å². The van der Waals surface area contributed by atoms with E-state index in [1.54, 1.807) is 6.92 Å². The van der Waals surface area contributed by atoms with Gasteiger partial charge in [0.05, 0.1) is 11.8 Å². The summed E-state index contributed by atoms with van der Waals surface area (Å²) in [6.07, 6.45) is 1.79. The number of carbonyl (C=O) groups is 1. The molecule has 2 saturated heterocycles. The Balaban J connectivity index is 1.41. The van der Waals surface area contributed by atoms with Gasteiger partial charge >= 0.3 is 5.97 Å². The van der Waals surface area contributed by atoms with Crippen molar-refractivity contribution in [1.29, 1.82) is 0 Å². The van der Waals surface area contributed by atoms with Gasteiger partial charge in [0.25, 0.3) is 0 Å². The molecule has 0 radical (unpaired) electrons. The van der Waals surface area contributed by atoms with E-state index in [0.29, 0.717) is 80.3 Å². The first kappa shape index (κ1) is 23.3. The maximum atomic E-state index is 11.4. The van der Waals surface area contributed by atoms with Crippen LogP contribution >= 0.6 is 11.3 Å². The summed E-state index contributed by atoms with van der Waals surface area (Å²) >= 11 is 1.03. The van der Waals surface area contributed by atoms with E-state index in [1.165, 1.54) is 0 Å². The number of rotatable bonds is 6. The molecule has 5 rings (SSSR count). The number of piperidine rings is 2. The van der Waals surface area contributed by atoms with Crippen molar-refractivity contribution in [2.75, 3.05) is 41.3 Å². The number of aromatic amines is 1. The molecule has 3 aromatic rings.